The lowest BCUT2D eigenvalue weighted by Gasteiger charge is -2.10. The van der Waals surface area contributed by atoms with Crippen molar-refractivity contribution in [1.82, 2.24) is 19.5 Å². The van der Waals surface area contributed by atoms with Crippen molar-refractivity contribution in [2.24, 2.45) is 0 Å². The lowest BCUT2D eigenvalue weighted by Crippen LogP contribution is -2.00. The molecule has 0 atom stereocenters. The quantitative estimate of drug-likeness (QED) is 0.172. The number of aromatic nitrogens is 4. The predicted molar refractivity (Wildman–Crippen MR) is 229 cm³/mol. The van der Waals surface area contributed by atoms with Gasteiger partial charge in [-0.1, -0.05) is 164 Å². The summed E-state index contributed by atoms with van der Waals surface area (Å²) in [4.78, 5) is 14.9. The summed E-state index contributed by atoms with van der Waals surface area (Å²) in [6.07, 6.45) is 0. The van der Waals surface area contributed by atoms with Crippen LogP contribution in [0.15, 0.2) is 199 Å². The summed E-state index contributed by atoms with van der Waals surface area (Å²) in [5.41, 5.74) is 12.1. The Morgan fingerprint density at radius 3 is 1.59 bits per heavy atom. The Kier molecular flexibility index (Phi) is 7.42. The average molecular weight is 717 g/mol. The van der Waals surface area contributed by atoms with Gasteiger partial charge in [0.1, 0.15) is 5.58 Å². The fourth-order valence-electron chi connectivity index (χ4n) is 8.02. The molecular formula is C51H32N4O. The molecule has 262 valence electrons. The van der Waals surface area contributed by atoms with Crippen LogP contribution in [0.1, 0.15) is 0 Å². The largest absolute Gasteiger partial charge is 0.453 e. The van der Waals surface area contributed by atoms with Gasteiger partial charge in [-0.3, -0.25) is 0 Å². The minimum absolute atomic E-state index is 0.611. The summed E-state index contributed by atoms with van der Waals surface area (Å²) < 4.78 is 9.45. The van der Waals surface area contributed by atoms with Crippen molar-refractivity contribution in [3.8, 4) is 62.1 Å². The smallest absolute Gasteiger partial charge is 0.164 e. The molecular weight excluding hydrogens is 685 g/mol. The molecule has 0 aliphatic heterocycles. The molecule has 3 heterocycles. The first-order chi connectivity index (χ1) is 27.8. The van der Waals surface area contributed by atoms with E-state index in [4.69, 9.17) is 19.4 Å². The first-order valence-electron chi connectivity index (χ1n) is 18.8. The van der Waals surface area contributed by atoms with Gasteiger partial charge in [0.05, 0.1) is 11.0 Å². The molecule has 0 saturated heterocycles. The molecule has 0 aliphatic rings. The van der Waals surface area contributed by atoms with Crippen molar-refractivity contribution < 1.29 is 4.42 Å². The van der Waals surface area contributed by atoms with Gasteiger partial charge in [0.25, 0.3) is 0 Å². The lowest BCUT2D eigenvalue weighted by molar-refractivity contribution is 0.672. The summed E-state index contributed by atoms with van der Waals surface area (Å²) in [7, 11) is 0. The number of nitrogens with zero attached hydrogens (tertiary/aromatic N) is 4. The van der Waals surface area contributed by atoms with Crippen LogP contribution in [0.5, 0.6) is 0 Å². The highest BCUT2D eigenvalue weighted by Crippen LogP contribution is 2.43. The van der Waals surface area contributed by atoms with Gasteiger partial charge in [-0.15, -0.1) is 0 Å². The zero-order valence-electron chi connectivity index (χ0n) is 30.2. The molecule has 0 unspecified atom stereocenters. The highest BCUT2D eigenvalue weighted by atomic mass is 16.3. The summed E-state index contributed by atoms with van der Waals surface area (Å²) in [6.45, 7) is 0. The first-order valence-corrected chi connectivity index (χ1v) is 18.8. The highest BCUT2D eigenvalue weighted by Gasteiger charge is 2.21. The zero-order valence-corrected chi connectivity index (χ0v) is 30.2. The molecule has 0 radical (unpaired) electrons. The van der Waals surface area contributed by atoms with Crippen LogP contribution in [-0.4, -0.2) is 19.5 Å². The molecule has 5 heteroatoms. The Balaban J connectivity index is 1.10. The van der Waals surface area contributed by atoms with E-state index < -0.39 is 0 Å². The normalized spacial score (nSPS) is 11.6. The molecule has 3 aromatic heterocycles. The van der Waals surface area contributed by atoms with E-state index in [9.17, 15) is 0 Å². The Bertz CT molecular complexity index is 3180. The second kappa shape index (κ2) is 13.0. The van der Waals surface area contributed by atoms with Gasteiger partial charge in [0.15, 0.2) is 23.1 Å². The Morgan fingerprint density at radius 2 is 0.857 bits per heavy atom. The van der Waals surface area contributed by atoms with Crippen LogP contribution >= 0.6 is 0 Å². The molecule has 0 N–H and O–H groups in total. The van der Waals surface area contributed by atoms with Crippen LogP contribution in [-0.2, 0) is 0 Å². The molecule has 11 aromatic rings. The van der Waals surface area contributed by atoms with Crippen molar-refractivity contribution in [3.05, 3.63) is 194 Å². The molecule has 56 heavy (non-hydrogen) atoms. The molecule has 11 rings (SSSR count). The Hall–Kier alpha value is -7.63. The van der Waals surface area contributed by atoms with Gasteiger partial charge in [0.2, 0.25) is 0 Å². The Morgan fingerprint density at radius 1 is 0.339 bits per heavy atom. The van der Waals surface area contributed by atoms with Crippen molar-refractivity contribution in [3.63, 3.8) is 0 Å². The monoisotopic (exact) mass is 716 g/mol. The SMILES string of the molecule is c1ccc(-c2cccc(-n3c4ccccc4c4ccc5c6cccc(-c7cccc(-c8nc(-c9ccccc9)nc(-c9ccccc9)n8)c7)c6oc5c43)c2)cc1. The summed E-state index contributed by atoms with van der Waals surface area (Å²) >= 11 is 0. The van der Waals surface area contributed by atoms with E-state index in [1.165, 1.54) is 10.9 Å². The predicted octanol–water partition coefficient (Wildman–Crippen LogP) is 13.2. The number of para-hydroxylation sites is 2. The third kappa shape index (κ3) is 5.29. The van der Waals surface area contributed by atoms with Gasteiger partial charge < -0.3 is 8.98 Å². The molecule has 0 saturated carbocycles. The third-order valence-electron chi connectivity index (χ3n) is 10.6. The maximum atomic E-state index is 7.10. The topological polar surface area (TPSA) is 56.7 Å². The van der Waals surface area contributed by atoms with Gasteiger partial charge in [0, 0.05) is 49.5 Å². The molecule has 0 aliphatic carbocycles. The van der Waals surface area contributed by atoms with Crippen molar-refractivity contribution in [1.29, 1.82) is 0 Å². The number of benzene rings is 8. The van der Waals surface area contributed by atoms with Gasteiger partial charge in [-0.2, -0.15) is 0 Å². The number of hydrogen-bond acceptors (Lipinski definition) is 4. The minimum atomic E-state index is 0.611. The van der Waals surface area contributed by atoms with Gasteiger partial charge >= 0.3 is 0 Å². The van der Waals surface area contributed by atoms with Crippen molar-refractivity contribution >= 4 is 43.7 Å². The van der Waals surface area contributed by atoms with Gasteiger partial charge in [-0.05, 0) is 47.0 Å². The van der Waals surface area contributed by atoms with E-state index in [1.807, 2.05) is 60.7 Å². The molecule has 8 aromatic carbocycles. The maximum absolute atomic E-state index is 7.10. The fraction of sp³-hybridized carbons (Fsp3) is 0. The van der Waals surface area contributed by atoms with Crippen LogP contribution in [0.2, 0.25) is 0 Å². The third-order valence-corrected chi connectivity index (χ3v) is 10.6. The lowest BCUT2D eigenvalue weighted by atomic mass is 10.00. The second-order valence-corrected chi connectivity index (χ2v) is 14.0. The average Bonchev–Trinajstić information content (AvgIpc) is 3.84. The molecule has 0 bridgehead atoms. The summed E-state index contributed by atoms with van der Waals surface area (Å²) in [5, 5.41) is 4.48. The molecule has 0 spiro atoms. The maximum Gasteiger partial charge on any atom is 0.164 e. The van der Waals surface area contributed by atoms with Crippen LogP contribution < -0.4 is 0 Å². The second-order valence-electron chi connectivity index (χ2n) is 14.0. The summed E-state index contributed by atoms with van der Waals surface area (Å²) in [5.74, 6) is 1.88. The number of rotatable bonds is 6. The summed E-state index contributed by atoms with van der Waals surface area (Å²) in [6, 6.07) is 67.3. The fourth-order valence-corrected chi connectivity index (χ4v) is 8.02. The zero-order chi connectivity index (χ0) is 37.0. The van der Waals surface area contributed by atoms with E-state index in [0.29, 0.717) is 17.5 Å². The van der Waals surface area contributed by atoms with E-state index in [1.54, 1.807) is 0 Å². The first kappa shape index (κ1) is 31.9. The highest BCUT2D eigenvalue weighted by molar-refractivity contribution is 6.22. The van der Waals surface area contributed by atoms with Crippen molar-refractivity contribution in [2.45, 2.75) is 0 Å². The van der Waals surface area contributed by atoms with Crippen LogP contribution in [0, 0.1) is 0 Å². The molecule has 5 nitrogen and oxygen atoms in total. The number of furan rings is 1. The van der Waals surface area contributed by atoms with Crippen LogP contribution in [0.4, 0.5) is 0 Å². The van der Waals surface area contributed by atoms with E-state index in [-0.39, 0.29) is 0 Å². The molecule has 0 amide bonds. The van der Waals surface area contributed by atoms with Gasteiger partial charge in [-0.25, -0.2) is 15.0 Å². The van der Waals surface area contributed by atoms with E-state index >= 15 is 0 Å². The number of hydrogen-bond donors (Lipinski definition) is 0. The molecule has 0 fully saturated rings. The van der Waals surface area contributed by atoms with Crippen LogP contribution in [0.3, 0.4) is 0 Å². The van der Waals surface area contributed by atoms with E-state index in [0.717, 1.165) is 77.4 Å². The Labute approximate surface area is 322 Å². The standard InChI is InChI=1S/C51H32N4O/c1-4-15-33(16-5-1)36-21-13-24-39(32-36)55-45-28-11-10-25-41(45)42-29-30-44-43-27-14-26-40(47(43)56-48(44)46(42)55)37-22-12-23-38(31-37)51-53-49(34-17-6-2-7-18-34)52-50(54-51)35-19-8-3-9-20-35/h1-32H. The van der Waals surface area contributed by atoms with E-state index in [2.05, 4.69) is 138 Å². The van der Waals surface area contributed by atoms with Crippen molar-refractivity contribution in [2.75, 3.05) is 0 Å². The number of fused-ring (bicyclic) bond motifs is 7. The van der Waals surface area contributed by atoms with Crippen LogP contribution in [0.25, 0.3) is 106 Å². The minimum Gasteiger partial charge on any atom is -0.453 e.